The molecule has 0 unspecified atom stereocenters. The smallest absolute Gasteiger partial charge is 0.294 e. The van der Waals surface area contributed by atoms with E-state index in [1.807, 2.05) is 0 Å². The number of primary sulfonamides is 1. The molecule has 0 amide bonds. The highest BCUT2D eigenvalue weighted by Crippen LogP contribution is 2.35. The Morgan fingerprint density at radius 2 is 1.61 bits per heavy atom. The van der Waals surface area contributed by atoms with Crippen molar-refractivity contribution in [2.75, 3.05) is 13.2 Å². The molecule has 1 aromatic heterocycles. The third-order valence-corrected chi connectivity index (χ3v) is 5.14. The largest absolute Gasteiger partial charge is 0.367 e. The van der Waals surface area contributed by atoms with Gasteiger partial charge in [-0.3, -0.25) is 0 Å². The predicted molar refractivity (Wildman–Crippen MR) is 115 cm³/mol. The highest BCUT2D eigenvalue weighted by Gasteiger charge is 2.32. The normalized spacial score (nSPS) is 11.3. The molecule has 0 atom stereocenters. The Kier molecular flexibility index (Phi) is 9.31. The molecule has 14 nitrogen and oxygen atoms in total. The minimum absolute atomic E-state index is 0.0956. The number of ether oxygens (including phenoxy) is 1. The van der Waals surface area contributed by atoms with Gasteiger partial charge in [-0.2, -0.15) is 0 Å². The maximum atomic E-state index is 13.7. The summed E-state index contributed by atoms with van der Waals surface area (Å²) in [7, 11) is -3.91. The lowest BCUT2D eigenvalue weighted by Gasteiger charge is -2.14. The van der Waals surface area contributed by atoms with Gasteiger partial charge in [0.15, 0.2) is 12.4 Å². The van der Waals surface area contributed by atoms with E-state index in [2.05, 4.69) is 9.99 Å². The van der Waals surface area contributed by atoms with E-state index in [1.54, 1.807) is 30.3 Å². The number of rotatable bonds is 10. The standard InChI is InChI=1S/C19H17F2N3O7S.HNO3/c20-19(21,12-30-24(25)26)11-29-10-16-17(13-6-8-15(9-7-13)32(22,27)28)18(23-31-16)14-4-2-1-3-5-14;2-1(3)4/h1-9H,10-12H2,(H2,22,27,28);(H,2,3,4). The maximum absolute atomic E-state index is 13.7. The van der Waals surface area contributed by atoms with Gasteiger partial charge in [-0.05, 0) is 17.7 Å². The number of nitrogens with zero attached hydrogens (tertiary/aromatic N) is 3. The van der Waals surface area contributed by atoms with Crippen LogP contribution in [-0.2, 0) is 26.2 Å². The van der Waals surface area contributed by atoms with Gasteiger partial charge in [0.05, 0.1) is 10.5 Å². The van der Waals surface area contributed by atoms with Crippen LogP contribution in [0.4, 0.5) is 8.78 Å². The SMILES string of the molecule is NS(=O)(=O)c1ccc(-c2c(-c3ccccc3)noc2COCC(F)(F)CO[N+](=O)[O-])cc1.O=[N+]([O-])O. The Bertz CT molecular complexity index is 1280. The van der Waals surface area contributed by atoms with Gasteiger partial charge in [-0.15, -0.1) is 20.2 Å². The van der Waals surface area contributed by atoms with Crippen LogP contribution in [0.3, 0.4) is 0 Å². The highest BCUT2D eigenvalue weighted by molar-refractivity contribution is 7.89. The number of nitrogens with two attached hydrogens (primary N) is 1. The zero-order chi connectivity index (χ0) is 26.9. The van der Waals surface area contributed by atoms with Crippen molar-refractivity contribution in [1.82, 2.24) is 5.16 Å². The molecule has 17 heteroatoms. The second-order valence-electron chi connectivity index (χ2n) is 6.85. The van der Waals surface area contributed by atoms with Crippen LogP contribution in [0, 0.1) is 20.2 Å². The Balaban J connectivity index is 0.00000106. The first-order valence-electron chi connectivity index (χ1n) is 9.53. The molecule has 0 aliphatic heterocycles. The monoisotopic (exact) mass is 532 g/mol. The third kappa shape index (κ3) is 8.53. The molecule has 3 rings (SSSR count). The van der Waals surface area contributed by atoms with E-state index in [0.29, 0.717) is 22.4 Å². The van der Waals surface area contributed by atoms with Crippen molar-refractivity contribution < 1.29 is 46.7 Å². The molecule has 0 aliphatic rings. The molecule has 0 saturated heterocycles. The van der Waals surface area contributed by atoms with Gasteiger partial charge >= 0.3 is 0 Å². The van der Waals surface area contributed by atoms with Crippen LogP contribution in [0.2, 0.25) is 0 Å². The molecule has 0 bridgehead atoms. The maximum Gasteiger partial charge on any atom is 0.294 e. The van der Waals surface area contributed by atoms with Gasteiger partial charge in [0.1, 0.15) is 18.9 Å². The van der Waals surface area contributed by atoms with Crippen molar-refractivity contribution in [3.05, 3.63) is 80.6 Å². The Labute approximate surface area is 201 Å². The highest BCUT2D eigenvalue weighted by atomic mass is 32.2. The van der Waals surface area contributed by atoms with E-state index in [1.165, 1.54) is 24.3 Å². The van der Waals surface area contributed by atoms with Crippen molar-refractivity contribution in [2.45, 2.75) is 17.4 Å². The number of hydrogen-bond donors (Lipinski definition) is 2. The Hall–Kier alpha value is -4.22. The number of benzene rings is 2. The number of alkyl halides is 2. The van der Waals surface area contributed by atoms with Crippen molar-refractivity contribution >= 4 is 10.0 Å². The summed E-state index contributed by atoms with van der Waals surface area (Å²) in [5.41, 5.74) is 1.94. The van der Waals surface area contributed by atoms with Crippen LogP contribution in [0.25, 0.3) is 22.4 Å². The summed E-state index contributed by atoms with van der Waals surface area (Å²) in [6.07, 6.45) is 0. The summed E-state index contributed by atoms with van der Waals surface area (Å²) in [6, 6.07) is 14.4. The van der Waals surface area contributed by atoms with Gasteiger partial charge in [0, 0.05) is 5.56 Å². The van der Waals surface area contributed by atoms with Crippen LogP contribution in [-0.4, -0.2) is 48.1 Å². The van der Waals surface area contributed by atoms with Crippen molar-refractivity contribution in [3.8, 4) is 22.4 Å². The van der Waals surface area contributed by atoms with Gasteiger partial charge in [0.2, 0.25) is 10.0 Å². The molecular formula is C19H18F2N4O10S. The zero-order valence-electron chi connectivity index (χ0n) is 18.0. The summed E-state index contributed by atoms with van der Waals surface area (Å²) in [4.78, 5) is 22.1. The zero-order valence-corrected chi connectivity index (χ0v) is 18.8. The number of hydrogen-bond acceptors (Lipinski definition) is 10. The summed E-state index contributed by atoms with van der Waals surface area (Å²) in [6.45, 7) is -3.04. The summed E-state index contributed by atoms with van der Waals surface area (Å²) in [5.74, 6) is -3.51. The molecule has 0 fully saturated rings. The molecule has 2 aromatic carbocycles. The van der Waals surface area contributed by atoms with Gasteiger partial charge in [-0.1, -0.05) is 47.6 Å². The molecule has 3 N–H and O–H groups in total. The minimum Gasteiger partial charge on any atom is -0.367 e. The fourth-order valence-electron chi connectivity index (χ4n) is 2.81. The topological polar surface area (TPSA) is 211 Å². The van der Waals surface area contributed by atoms with E-state index in [4.69, 9.17) is 29.7 Å². The van der Waals surface area contributed by atoms with E-state index in [0.717, 1.165) is 0 Å². The van der Waals surface area contributed by atoms with E-state index < -0.39 is 45.9 Å². The van der Waals surface area contributed by atoms with Crippen molar-refractivity contribution in [2.24, 2.45) is 5.14 Å². The lowest BCUT2D eigenvalue weighted by Crippen LogP contribution is -2.31. The first-order chi connectivity index (χ1) is 16.8. The fraction of sp³-hybridized carbons (Fsp3) is 0.211. The number of aromatic nitrogens is 1. The lowest BCUT2D eigenvalue weighted by molar-refractivity contribution is -0.761. The van der Waals surface area contributed by atoms with Crippen LogP contribution in [0.5, 0.6) is 0 Å². The summed E-state index contributed by atoms with van der Waals surface area (Å²) < 4.78 is 60.7. The van der Waals surface area contributed by atoms with Crippen LogP contribution in [0.1, 0.15) is 5.76 Å². The van der Waals surface area contributed by atoms with E-state index in [9.17, 15) is 27.3 Å². The Morgan fingerprint density at radius 1 is 1.03 bits per heavy atom. The molecule has 3 aromatic rings. The van der Waals surface area contributed by atoms with E-state index in [-0.39, 0.29) is 10.7 Å². The van der Waals surface area contributed by atoms with Gasteiger partial charge in [-0.25, -0.2) is 22.3 Å². The molecule has 0 saturated carbocycles. The lowest BCUT2D eigenvalue weighted by atomic mass is 9.99. The average molecular weight is 532 g/mol. The number of halogens is 2. The average Bonchev–Trinajstić information content (AvgIpc) is 3.21. The van der Waals surface area contributed by atoms with Gasteiger partial charge in [0.25, 0.3) is 16.1 Å². The summed E-state index contributed by atoms with van der Waals surface area (Å²) >= 11 is 0. The quantitative estimate of drug-likeness (QED) is 0.286. The molecule has 0 aliphatic carbocycles. The first kappa shape index (κ1) is 28.0. The second-order valence-corrected chi connectivity index (χ2v) is 8.41. The van der Waals surface area contributed by atoms with Gasteiger partial charge < -0.3 is 19.3 Å². The number of sulfonamides is 1. The Morgan fingerprint density at radius 3 is 2.14 bits per heavy atom. The third-order valence-electron chi connectivity index (χ3n) is 4.21. The van der Waals surface area contributed by atoms with Crippen LogP contribution < -0.4 is 5.14 Å². The summed E-state index contributed by atoms with van der Waals surface area (Å²) in [5, 5.41) is 31.6. The second kappa shape index (κ2) is 12.0. The van der Waals surface area contributed by atoms with Crippen molar-refractivity contribution in [3.63, 3.8) is 0 Å². The molecular weight excluding hydrogens is 514 g/mol. The van der Waals surface area contributed by atoms with Crippen LogP contribution in [0.15, 0.2) is 64.0 Å². The molecule has 0 radical (unpaired) electrons. The van der Waals surface area contributed by atoms with Crippen LogP contribution >= 0.6 is 0 Å². The molecule has 194 valence electrons. The first-order valence-corrected chi connectivity index (χ1v) is 11.1. The van der Waals surface area contributed by atoms with Crippen molar-refractivity contribution in [1.29, 1.82) is 0 Å². The van der Waals surface area contributed by atoms with E-state index >= 15 is 0 Å². The molecule has 0 spiro atoms. The predicted octanol–water partition coefficient (Wildman–Crippen LogP) is 2.67. The minimum atomic E-state index is -3.91. The fourth-order valence-corrected chi connectivity index (χ4v) is 3.32. The molecule has 1 heterocycles. The molecule has 36 heavy (non-hydrogen) atoms.